The summed E-state index contributed by atoms with van der Waals surface area (Å²) in [7, 11) is 5.28. The number of benzene rings is 6. The van der Waals surface area contributed by atoms with Crippen LogP contribution in [0.5, 0.6) is 23.0 Å². The van der Waals surface area contributed by atoms with E-state index >= 15 is 0 Å². The van der Waals surface area contributed by atoms with Gasteiger partial charge >= 0.3 is 11.9 Å². The van der Waals surface area contributed by atoms with Gasteiger partial charge in [-0.15, -0.1) is 0 Å². The van der Waals surface area contributed by atoms with Crippen molar-refractivity contribution in [3.63, 3.8) is 0 Å². The number of nitrogens with zero attached hydrogens (tertiary/aromatic N) is 4. The monoisotopic (exact) mass is 1350 g/mol. The van der Waals surface area contributed by atoms with Crippen LogP contribution in [0.2, 0.25) is 0 Å². The minimum Gasteiger partial charge on any atom is -0.496 e. The molecule has 0 radical (unpaired) electrons. The molecule has 0 bridgehead atoms. The third kappa shape index (κ3) is 16.6. The predicted molar refractivity (Wildman–Crippen MR) is 347 cm³/mol. The molecule has 98 heavy (non-hydrogen) atoms. The van der Waals surface area contributed by atoms with Gasteiger partial charge in [-0.2, -0.15) is 0 Å². The van der Waals surface area contributed by atoms with Gasteiger partial charge in [0.1, 0.15) is 78.0 Å². The van der Waals surface area contributed by atoms with E-state index in [2.05, 4.69) is 21.3 Å². The number of para-hydroxylation sites is 4. The highest BCUT2D eigenvalue weighted by molar-refractivity contribution is 6.45. The molecular formula is C69H70N8O21. The van der Waals surface area contributed by atoms with E-state index < -0.39 is 128 Å². The van der Waals surface area contributed by atoms with Gasteiger partial charge in [-0.1, -0.05) is 104 Å². The van der Waals surface area contributed by atoms with Crippen LogP contribution in [-0.2, 0) is 80.1 Å². The normalized spacial score (nSPS) is 18.6. The van der Waals surface area contributed by atoms with Crippen LogP contribution in [0.1, 0.15) is 58.0 Å². The minimum absolute atomic E-state index is 0.0508. The summed E-state index contributed by atoms with van der Waals surface area (Å²) < 4.78 is 43.1. The van der Waals surface area contributed by atoms with Crippen molar-refractivity contribution >= 4 is 93.5 Å². The lowest BCUT2D eigenvalue weighted by Gasteiger charge is -2.26. The smallest absolute Gasteiger partial charge is 0.310 e. The van der Waals surface area contributed by atoms with E-state index in [-0.39, 0.29) is 96.1 Å². The highest BCUT2D eigenvalue weighted by atomic mass is 16.7. The minimum atomic E-state index is -1.55. The standard InChI is InChI=1S/C35H36N4O10.C34H34N4O11/c1-4-29(41)38-18-23(37-33(44)32(43)31-26(46-2)15-10-16-27(31)47-3)34(45)39(25-14-9-8-13-24(25)38)19-28(40)36-22-17-30(42)49-35(22)48-20-21-11-6-5-7-12-21;1-46-25-13-8-14-26(47-2)30(25)31(43)32(44)36-22-16-37(28(41)18-39)23-11-6-7-12-24(23)38(33(22)45)17-27(40)35-21-15-29(42)49-34(21)48-19-20-9-4-3-5-10-20/h5-16,22-23,35H,4,17-20H2,1-3H3,(H,36,40)(H,37,44);3-14,21-22,34,39H,15-19H2,1-2H3,(H,35,40)(H,36,44)/t22-,23-,35+;21-,22-,34+/m00/s1. The summed E-state index contributed by atoms with van der Waals surface area (Å²) in [6, 6.07) is 35.3. The highest BCUT2D eigenvalue weighted by Crippen LogP contribution is 2.36. The number of hydrogen-bond acceptors (Lipinski definition) is 21. The molecule has 2 fully saturated rings. The zero-order chi connectivity index (χ0) is 70.2. The number of Topliss-reactive ketones (excluding diaryl/α,β-unsaturated/α-hetero) is 2. The summed E-state index contributed by atoms with van der Waals surface area (Å²) in [6.07, 6.45) is -2.41. The summed E-state index contributed by atoms with van der Waals surface area (Å²) in [5.74, 6) is -9.47. The molecule has 512 valence electrons. The molecule has 4 aliphatic rings. The fourth-order valence-corrected chi connectivity index (χ4v) is 11.2. The van der Waals surface area contributed by atoms with E-state index in [0.29, 0.717) is 5.69 Å². The van der Waals surface area contributed by atoms with E-state index in [9.17, 15) is 62.6 Å². The lowest BCUT2D eigenvalue weighted by Crippen LogP contribution is -2.56. The number of methoxy groups -OCH3 is 4. The van der Waals surface area contributed by atoms with E-state index in [1.165, 1.54) is 69.7 Å². The first-order valence-electron chi connectivity index (χ1n) is 30.7. The van der Waals surface area contributed by atoms with Crippen molar-refractivity contribution in [2.75, 3.05) is 80.8 Å². The number of carbonyl (C=O) groups excluding carboxylic acids is 12. The van der Waals surface area contributed by atoms with Crippen LogP contribution in [0, 0.1) is 0 Å². The molecule has 0 saturated carbocycles. The Morgan fingerprint density at radius 3 is 1.15 bits per heavy atom. The molecule has 0 aliphatic carbocycles. The molecule has 0 spiro atoms. The van der Waals surface area contributed by atoms with E-state index in [4.69, 9.17) is 37.9 Å². The number of hydrogen-bond donors (Lipinski definition) is 5. The van der Waals surface area contributed by atoms with Crippen LogP contribution in [0.4, 0.5) is 22.7 Å². The maximum Gasteiger partial charge on any atom is 0.310 e. The molecule has 6 aromatic rings. The van der Waals surface area contributed by atoms with Gasteiger partial charge in [0.05, 0.1) is 90.3 Å². The quantitative estimate of drug-likeness (QED) is 0.0330. The number of carbonyl (C=O) groups is 12. The van der Waals surface area contributed by atoms with Crippen molar-refractivity contribution in [3.05, 3.63) is 168 Å². The van der Waals surface area contributed by atoms with Gasteiger partial charge in [-0.3, -0.25) is 67.3 Å². The number of amides is 8. The van der Waals surface area contributed by atoms with Crippen LogP contribution in [0.3, 0.4) is 0 Å². The van der Waals surface area contributed by atoms with Crippen molar-refractivity contribution < 1.29 is 101 Å². The number of ether oxygens (including phenoxy) is 8. The summed E-state index contributed by atoms with van der Waals surface area (Å²) in [4.78, 5) is 164. The topological polar surface area (TPSA) is 360 Å². The highest BCUT2D eigenvalue weighted by Gasteiger charge is 2.44. The lowest BCUT2D eigenvalue weighted by atomic mass is 10.1. The van der Waals surface area contributed by atoms with E-state index in [1.807, 2.05) is 60.7 Å². The summed E-state index contributed by atoms with van der Waals surface area (Å²) in [5.41, 5.74) is 2.16. The fourth-order valence-electron chi connectivity index (χ4n) is 11.2. The second-order valence-corrected chi connectivity index (χ2v) is 22.2. The average molecular weight is 1350 g/mol. The summed E-state index contributed by atoms with van der Waals surface area (Å²) in [5, 5.41) is 20.0. The number of aliphatic hydroxyl groups excluding tert-OH is 1. The summed E-state index contributed by atoms with van der Waals surface area (Å²) >= 11 is 0. The van der Waals surface area contributed by atoms with Crippen LogP contribution in [-0.4, -0.2) is 174 Å². The van der Waals surface area contributed by atoms with Gasteiger partial charge in [0.25, 0.3) is 41.1 Å². The molecule has 4 heterocycles. The number of anilines is 4. The molecule has 29 heteroatoms. The Bertz CT molecular complexity index is 3710. The van der Waals surface area contributed by atoms with Gasteiger partial charge < -0.3 is 74.1 Å². The number of esters is 2. The Balaban J connectivity index is 0.000000229. The van der Waals surface area contributed by atoms with Crippen molar-refractivity contribution in [1.82, 2.24) is 21.3 Å². The van der Waals surface area contributed by atoms with E-state index in [0.717, 1.165) is 25.8 Å². The third-order valence-electron chi connectivity index (χ3n) is 15.9. The molecule has 0 unspecified atom stereocenters. The third-order valence-corrected chi connectivity index (χ3v) is 15.9. The Morgan fingerprint density at radius 1 is 0.459 bits per heavy atom. The molecule has 4 aliphatic heterocycles. The molecular weight excluding hydrogens is 1280 g/mol. The van der Waals surface area contributed by atoms with Crippen LogP contribution >= 0.6 is 0 Å². The predicted octanol–water partition coefficient (Wildman–Crippen LogP) is 2.85. The Hall–Kier alpha value is -11.6. The molecule has 8 amide bonds. The molecule has 10 rings (SSSR count). The average Bonchev–Trinajstić information content (AvgIpc) is 1.70. The first-order chi connectivity index (χ1) is 47.3. The maximum atomic E-state index is 14.2. The van der Waals surface area contributed by atoms with Gasteiger partial charge in [0, 0.05) is 6.42 Å². The van der Waals surface area contributed by atoms with Crippen molar-refractivity contribution in [3.8, 4) is 23.0 Å². The first-order valence-corrected chi connectivity index (χ1v) is 30.7. The van der Waals surface area contributed by atoms with Crippen molar-refractivity contribution in [1.29, 1.82) is 0 Å². The zero-order valence-electron chi connectivity index (χ0n) is 53.8. The zero-order valence-corrected chi connectivity index (χ0v) is 53.8. The van der Waals surface area contributed by atoms with Gasteiger partial charge in [0.15, 0.2) is 0 Å². The van der Waals surface area contributed by atoms with Gasteiger partial charge in [-0.05, 0) is 59.7 Å². The summed E-state index contributed by atoms with van der Waals surface area (Å²) in [6.45, 7) is -1.01. The Labute approximate surface area is 561 Å². The number of rotatable bonds is 24. The fraction of sp³-hybridized carbons (Fsp3) is 0.304. The molecule has 6 atom stereocenters. The van der Waals surface area contributed by atoms with Crippen LogP contribution in [0.25, 0.3) is 0 Å². The number of aliphatic hydroxyl groups is 1. The number of cyclic esters (lactones) is 2. The number of nitrogens with one attached hydrogen (secondary N) is 4. The molecule has 6 aromatic carbocycles. The molecule has 29 nitrogen and oxygen atoms in total. The molecule has 5 N–H and O–H groups in total. The first kappa shape index (κ1) is 70.7. The van der Waals surface area contributed by atoms with Crippen molar-refractivity contribution in [2.45, 2.75) is 76.1 Å². The Morgan fingerprint density at radius 2 is 0.806 bits per heavy atom. The number of ketones is 2. The van der Waals surface area contributed by atoms with E-state index in [1.54, 1.807) is 55.5 Å². The van der Waals surface area contributed by atoms with Crippen molar-refractivity contribution in [2.24, 2.45) is 0 Å². The van der Waals surface area contributed by atoms with Gasteiger partial charge in [-0.25, -0.2) is 0 Å². The SMILES string of the molecule is CCC(=O)N1C[C@H](NC(=O)C(=O)c2c(OC)cccc2OC)C(=O)N(CC(=O)N[C@H]2CC(=O)O[C@H]2OCc2ccccc2)c2ccccc21.COc1cccc(OC)c1C(=O)C(=O)N[C@H]1CN(C(=O)CO)c2ccccc2N(CC(=O)N[C@H]2CC(=O)O[C@H]2OCc2ccccc2)C1=O. The molecule has 2 saturated heterocycles. The second-order valence-electron chi connectivity index (χ2n) is 22.2. The van der Waals surface area contributed by atoms with Crippen LogP contribution < -0.4 is 59.8 Å². The molecule has 0 aromatic heterocycles. The maximum absolute atomic E-state index is 14.2. The Kier molecular flexibility index (Phi) is 23.6. The van der Waals surface area contributed by atoms with Crippen LogP contribution in [0.15, 0.2) is 146 Å². The largest absolute Gasteiger partial charge is 0.496 e. The lowest BCUT2D eigenvalue weighted by molar-refractivity contribution is -0.168. The number of fused-ring (bicyclic) bond motifs is 2. The second kappa shape index (κ2) is 32.7. The van der Waals surface area contributed by atoms with Gasteiger partial charge in [0.2, 0.25) is 30.3 Å².